The summed E-state index contributed by atoms with van der Waals surface area (Å²) in [6.07, 6.45) is 1.40. The molecule has 0 spiro atoms. The summed E-state index contributed by atoms with van der Waals surface area (Å²) in [6.45, 7) is -0.0794. The molecule has 1 aromatic carbocycles. The average Bonchev–Trinajstić information content (AvgIpc) is 3.25. The maximum Gasteiger partial charge on any atom is 0.348 e. The van der Waals surface area contributed by atoms with E-state index in [1.165, 1.54) is 30.5 Å². The zero-order valence-electron chi connectivity index (χ0n) is 12.6. The Bertz CT molecular complexity index is 907. The highest BCUT2D eigenvalue weighted by atomic mass is 35.5. The van der Waals surface area contributed by atoms with Gasteiger partial charge in [0.1, 0.15) is 17.3 Å². The summed E-state index contributed by atoms with van der Waals surface area (Å²) in [5.41, 5.74) is 0.499. The molecule has 0 saturated carbocycles. The predicted octanol–water partition coefficient (Wildman–Crippen LogP) is 4.74. The first-order valence-electron chi connectivity index (χ1n) is 7.08. The van der Waals surface area contributed by atoms with E-state index in [2.05, 4.69) is 5.32 Å². The molecule has 1 amide bonds. The van der Waals surface area contributed by atoms with E-state index in [4.69, 9.17) is 20.8 Å². The molecule has 0 fully saturated rings. The molecule has 0 atom stereocenters. The normalized spacial score (nSPS) is 10.5. The Labute approximate surface area is 151 Å². The first-order chi connectivity index (χ1) is 12.0. The van der Waals surface area contributed by atoms with E-state index in [9.17, 15) is 14.0 Å². The van der Waals surface area contributed by atoms with Gasteiger partial charge in [0.2, 0.25) is 0 Å². The van der Waals surface area contributed by atoms with Crippen LogP contribution in [-0.4, -0.2) is 11.9 Å². The quantitative estimate of drug-likeness (QED) is 0.650. The lowest BCUT2D eigenvalue weighted by molar-refractivity contribution is 0.0478. The van der Waals surface area contributed by atoms with Gasteiger partial charge >= 0.3 is 5.97 Å². The minimum atomic E-state index is -0.566. The predicted molar refractivity (Wildman–Crippen MR) is 91.5 cm³/mol. The Kier molecular flexibility index (Phi) is 5.16. The molecular weight excluding hydrogens is 369 g/mol. The number of amides is 1. The van der Waals surface area contributed by atoms with Gasteiger partial charge < -0.3 is 14.5 Å². The van der Waals surface area contributed by atoms with E-state index >= 15 is 0 Å². The second-order valence-electron chi connectivity index (χ2n) is 4.91. The molecule has 0 saturated heterocycles. The van der Waals surface area contributed by atoms with Crippen molar-refractivity contribution < 1.29 is 23.1 Å². The second-order valence-corrected chi connectivity index (χ2v) is 6.40. The van der Waals surface area contributed by atoms with Crippen LogP contribution in [0.5, 0.6) is 0 Å². The van der Waals surface area contributed by atoms with Crippen LogP contribution in [0.15, 0.2) is 53.1 Å². The van der Waals surface area contributed by atoms with E-state index in [0.717, 1.165) is 17.4 Å². The Balaban J connectivity index is 1.59. The van der Waals surface area contributed by atoms with E-state index in [1.54, 1.807) is 12.1 Å². The molecular formula is C17H11ClFNO4S. The molecule has 2 aromatic heterocycles. The summed E-state index contributed by atoms with van der Waals surface area (Å²) in [5.74, 6) is -1.27. The van der Waals surface area contributed by atoms with Crippen molar-refractivity contribution in [2.24, 2.45) is 0 Å². The van der Waals surface area contributed by atoms with Gasteiger partial charge in [-0.05, 0) is 36.4 Å². The number of anilines is 1. The van der Waals surface area contributed by atoms with Gasteiger partial charge in [0.05, 0.1) is 16.3 Å². The van der Waals surface area contributed by atoms with Crippen LogP contribution in [0.4, 0.5) is 9.39 Å². The molecule has 128 valence electrons. The molecule has 0 aliphatic rings. The first-order valence-corrected chi connectivity index (χ1v) is 8.28. The topological polar surface area (TPSA) is 68.5 Å². The van der Waals surface area contributed by atoms with Crippen LogP contribution in [-0.2, 0) is 11.3 Å². The summed E-state index contributed by atoms with van der Waals surface area (Å²) in [5, 5.41) is 3.29. The van der Waals surface area contributed by atoms with Crippen molar-refractivity contribution in [2.75, 3.05) is 5.32 Å². The van der Waals surface area contributed by atoms with E-state index in [-0.39, 0.29) is 17.4 Å². The minimum Gasteiger partial charge on any atom is -0.459 e. The molecule has 0 radical (unpaired) electrons. The number of esters is 1. The standard InChI is InChI=1S/C17H11ClFNO4S/c18-12-8-11(19)4-3-10(12)9-24-17(22)14-5-6-15(25-14)20-16(21)13-2-1-7-23-13/h1-8H,9H2,(H,20,21). The molecule has 0 aliphatic carbocycles. The number of halogens is 2. The van der Waals surface area contributed by atoms with Gasteiger partial charge in [-0.25, -0.2) is 9.18 Å². The largest absolute Gasteiger partial charge is 0.459 e. The van der Waals surface area contributed by atoms with Crippen LogP contribution in [0.2, 0.25) is 5.02 Å². The fraction of sp³-hybridized carbons (Fsp3) is 0.0588. The first kappa shape index (κ1) is 17.2. The third kappa shape index (κ3) is 4.26. The Hall–Kier alpha value is -2.64. The van der Waals surface area contributed by atoms with Gasteiger partial charge in [-0.15, -0.1) is 11.3 Å². The second kappa shape index (κ2) is 7.50. The zero-order chi connectivity index (χ0) is 17.8. The lowest BCUT2D eigenvalue weighted by Crippen LogP contribution is -2.09. The van der Waals surface area contributed by atoms with Crippen molar-refractivity contribution in [3.05, 3.63) is 75.8 Å². The summed E-state index contributed by atoms with van der Waals surface area (Å²) in [4.78, 5) is 24.2. The number of nitrogens with one attached hydrogen (secondary N) is 1. The molecule has 25 heavy (non-hydrogen) atoms. The van der Waals surface area contributed by atoms with E-state index in [0.29, 0.717) is 15.4 Å². The van der Waals surface area contributed by atoms with Gasteiger partial charge in [-0.2, -0.15) is 0 Å². The van der Waals surface area contributed by atoms with Crippen molar-refractivity contribution >= 4 is 39.8 Å². The van der Waals surface area contributed by atoms with Crippen LogP contribution >= 0.6 is 22.9 Å². The SMILES string of the molecule is O=C(Nc1ccc(C(=O)OCc2ccc(F)cc2Cl)s1)c1ccco1. The highest BCUT2D eigenvalue weighted by molar-refractivity contribution is 7.18. The van der Waals surface area contributed by atoms with Crippen molar-refractivity contribution in [1.29, 1.82) is 0 Å². The lowest BCUT2D eigenvalue weighted by Gasteiger charge is -2.05. The zero-order valence-corrected chi connectivity index (χ0v) is 14.2. The highest BCUT2D eigenvalue weighted by Gasteiger charge is 2.15. The summed E-state index contributed by atoms with van der Waals surface area (Å²) >= 11 is 6.95. The number of hydrogen-bond donors (Lipinski definition) is 1. The Morgan fingerprint density at radius 2 is 2.08 bits per heavy atom. The summed E-state index contributed by atoms with van der Waals surface area (Å²) in [6, 6.07) is 10.1. The Morgan fingerprint density at radius 3 is 2.80 bits per heavy atom. The third-order valence-electron chi connectivity index (χ3n) is 3.16. The van der Waals surface area contributed by atoms with Crippen LogP contribution in [0.25, 0.3) is 0 Å². The lowest BCUT2D eigenvalue weighted by atomic mass is 10.2. The van der Waals surface area contributed by atoms with E-state index in [1.807, 2.05) is 0 Å². The number of rotatable bonds is 5. The minimum absolute atomic E-state index is 0.0794. The number of hydrogen-bond acceptors (Lipinski definition) is 5. The van der Waals surface area contributed by atoms with Crippen LogP contribution < -0.4 is 5.32 Å². The highest BCUT2D eigenvalue weighted by Crippen LogP contribution is 2.24. The molecule has 3 aromatic rings. The molecule has 8 heteroatoms. The van der Waals surface area contributed by atoms with Crippen LogP contribution in [0, 0.1) is 5.82 Å². The van der Waals surface area contributed by atoms with Gasteiger partial charge in [0.25, 0.3) is 5.91 Å². The summed E-state index contributed by atoms with van der Waals surface area (Å²) in [7, 11) is 0. The van der Waals surface area contributed by atoms with Gasteiger partial charge in [-0.1, -0.05) is 17.7 Å². The van der Waals surface area contributed by atoms with Crippen LogP contribution in [0.1, 0.15) is 25.8 Å². The average molecular weight is 380 g/mol. The van der Waals surface area contributed by atoms with Crippen molar-refractivity contribution in [3.8, 4) is 0 Å². The number of thiophene rings is 1. The molecule has 5 nitrogen and oxygen atoms in total. The number of carbonyl (C=O) groups is 2. The van der Waals surface area contributed by atoms with Crippen molar-refractivity contribution in [3.63, 3.8) is 0 Å². The van der Waals surface area contributed by atoms with E-state index < -0.39 is 17.7 Å². The van der Waals surface area contributed by atoms with Gasteiger partial charge in [0.15, 0.2) is 5.76 Å². The number of ether oxygens (including phenoxy) is 1. The molecule has 0 aliphatic heterocycles. The molecule has 0 bridgehead atoms. The van der Waals surface area contributed by atoms with Crippen molar-refractivity contribution in [1.82, 2.24) is 0 Å². The molecule has 0 unspecified atom stereocenters. The number of benzene rings is 1. The molecule has 1 N–H and O–H groups in total. The van der Waals surface area contributed by atoms with Gasteiger partial charge in [0, 0.05) is 5.56 Å². The molecule has 3 rings (SSSR count). The fourth-order valence-corrected chi connectivity index (χ4v) is 2.97. The smallest absolute Gasteiger partial charge is 0.348 e. The van der Waals surface area contributed by atoms with Crippen LogP contribution in [0.3, 0.4) is 0 Å². The maximum absolute atomic E-state index is 13.0. The summed E-state index contributed by atoms with van der Waals surface area (Å²) < 4.78 is 23.1. The number of furan rings is 1. The fourth-order valence-electron chi connectivity index (χ4n) is 1.95. The monoisotopic (exact) mass is 379 g/mol. The Morgan fingerprint density at radius 1 is 1.24 bits per heavy atom. The third-order valence-corrected chi connectivity index (χ3v) is 4.50. The van der Waals surface area contributed by atoms with Crippen molar-refractivity contribution in [2.45, 2.75) is 6.61 Å². The number of carbonyl (C=O) groups excluding carboxylic acids is 2. The van der Waals surface area contributed by atoms with Gasteiger partial charge in [-0.3, -0.25) is 4.79 Å². The maximum atomic E-state index is 13.0. The molecule has 2 heterocycles.